The van der Waals surface area contributed by atoms with Crippen LogP contribution in [0.4, 0.5) is 0 Å². The summed E-state index contributed by atoms with van der Waals surface area (Å²) in [5.74, 6) is 0.0667. The molecule has 0 fully saturated rings. The van der Waals surface area contributed by atoms with Gasteiger partial charge in [-0.15, -0.1) is 0 Å². The molecule has 1 atom stereocenters. The van der Waals surface area contributed by atoms with Crippen LogP contribution in [-0.4, -0.2) is 16.9 Å². The molecule has 0 saturated heterocycles. The molecular weight excluding hydrogens is 268 g/mol. The molecule has 0 saturated carbocycles. The van der Waals surface area contributed by atoms with Crippen LogP contribution >= 0.6 is 12.2 Å². The highest BCUT2D eigenvalue weighted by Gasteiger charge is 2.08. The van der Waals surface area contributed by atoms with Crippen LogP contribution < -0.4 is 11.1 Å². The van der Waals surface area contributed by atoms with Crippen LogP contribution in [0, 0.1) is 0 Å². The Morgan fingerprint density at radius 1 is 1.30 bits per heavy atom. The maximum atomic E-state index is 11.9. The Labute approximate surface area is 126 Å². The lowest BCUT2D eigenvalue weighted by atomic mass is 10.1. The van der Waals surface area contributed by atoms with Crippen LogP contribution in [0.15, 0.2) is 24.3 Å². The third-order valence-corrected chi connectivity index (χ3v) is 3.49. The minimum Gasteiger partial charge on any atom is -0.389 e. The summed E-state index contributed by atoms with van der Waals surface area (Å²) >= 11 is 4.90. The van der Waals surface area contributed by atoms with E-state index in [0.29, 0.717) is 11.4 Å². The van der Waals surface area contributed by atoms with E-state index in [1.807, 2.05) is 24.3 Å². The van der Waals surface area contributed by atoms with E-state index in [1.54, 1.807) is 0 Å². The van der Waals surface area contributed by atoms with Gasteiger partial charge in [0, 0.05) is 11.6 Å². The second-order valence-electron chi connectivity index (χ2n) is 5.20. The van der Waals surface area contributed by atoms with Gasteiger partial charge in [-0.1, -0.05) is 62.7 Å². The van der Waals surface area contributed by atoms with Crippen molar-refractivity contribution in [2.24, 2.45) is 5.73 Å². The monoisotopic (exact) mass is 292 g/mol. The number of amides is 1. The van der Waals surface area contributed by atoms with Gasteiger partial charge in [0.05, 0.1) is 6.42 Å². The standard InChI is InChI=1S/C16H24N2OS/c1-3-4-5-6-12(2)18-15(19)11-13-7-9-14(10-8-13)16(17)20/h7-10,12H,3-6,11H2,1-2H3,(H2,17,20)(H,18,19). The molecule has 0 aromatic heterocycles. The Kier molecular flexibility index (Phi) is 7.23. The number of carbonyl (C=O) groups excluding carboxylic acids is 1. The van der Waals surface area contributed by atoms with E-state index >= 15 is 0 Å². The fourth-order valence-electron chi connectivity index (χ4n) is 2.07. The molecule has 1 amide bonds. The van der Waals surface area contributed by atoms with E-state index in [9.17, 15) is 4.79 Å². The summed E-state index contributed by atoms with van der Waals surface area (Å²) in [5, 5.41) is 3.04. The molecule has 110 valence electrons. The Hall–Kier alpha value is -1.42. The van der Waals surface area contributed by atoms with Gasteiger partial charge in [0.25, 0.3) is 0 Å². The van der Waals surface area contributed by atoms with Gasteiger partial charge in [-0.3, -0.25) is 4.79 Å². The summed E-state index contributed by atoms with van der Waals surface area (Å²) in [5.41, 5.74) is 7.35. The first-order valence-corrected chi connectivity index (χ1v) is 7.62. The highest BCUT2D eigenvalue weighted by molar-refractivity contribution is 7.80. The molecule has 0 heterocycles. The van der Waals surface area contributed by atoms with Crippen molar-refractivity contribution >= 4 is 23.1 Å². The van der Waals surface area contributed by atoms with Gasteiger partial charge in [-0.05, 0) is 18.9 Å². The van der Waals surface area contributed by atoms with E-state index < -0.39 is 0 Å². The molecule has 3 nitrogen and oxygen atoms in total. The highest BCUT2D eigenvalue weighted by atomic mass is 32.1. The summed E-state index contributed by atoms with van der Waals surface area (Å²) in [6.07, 6.45) is 5.03. The van der Waals surface area contributed by atoms with E-state index in [-0.39, 0.29) is 11.9 Å². The molecular formula is C16H24N2OS. The van der Waals surface area contributed by atoms with Crippen molar-refractivity contribution in [1.29, 1.82) is 0 Å². The van der Waals surface area contributed by atoms with Gasteiger partial charge < -0.3 is 11.1 Å². The zero-order valence-corrected chi connectivity index (χ0v) is 13.1. The molecule has 1 rings (SSSR count). The predicted octanol–water partition coefficient (Wildman–Crippen LogP) is 2.95. The van der Waals surface area contributed by atoms with Crippen LogP contribution in [0.3, 0.4) is 0 Å². The summed E-state index contributed by atoms with van der Waals surface area (Å²) in [4.78, 5) is 12.3. The van der Waals surface area contributed by atoms with Crippen LogP contribution in [0.1, 0.15) is 50.7 Å². The maximum Gasteiger partial charge on any atom is 0.224 e. The lowest BCUT2D eigenvalue weighted by Crippen LogP contribution is -2.33. The third-order valence-electron chi connectivity index (χ3n) is 3.25. The molecule has 4 heteroatoms. The Balaban J connectivity index is 2.39. The number of benzene rings is 1. The van der Waals surface area contributed by atoms with Crippen LogP contribution in [0.5, 0.6) is 0 Å². The predicted molar refractivity (Wildman–Crippen MR) is 87.8 cm³/mol. The van der Waals surface area contributed by atoms with Gasteiger partial charge in [-0.2, -0.15) is 0 Å². The molecule has 0 aliphatic carbocycles. The summed E-state index contributed by atoms with van der Waals surface area (Å²) in [7, 11) is 0. The third kappa shape index (κ3) is 6.15. The molecule has 0 aliphatic rings. The van der Waals surface area contributed by atoms with Crippen LogP contribution in [0.25, 0.3) is 0 Å². The van der Waals surface area contributed by atoms with E-state index in [0.717, 1.165) is 17.5 Å². The molecule has 1 aromatic carbocycles. The minimum atomic E-state index is 0.0667. The zero-order chi connectivity index (χ0) is 15.0. The fraction of sp³-hybridized carbons (Fsp3) is 0.500. The van der Waals surface area contributed by atoms with E-state index in [1.165, 1.54) is 19.3 Å². The van der Waals surface area contributed by atoms with E-state index in [4.69, 9.17) is 18.0 Å². The number of hydrogen-bond donors (Lipinski definition) is 2. The number of rotatable bonds is 8. The largest absolute Gasteiger partial charge is 0.389 e. The van der Waals surface area contributed by atoms with Crippen LogP contribution in [0.2, 0.25) is 0 Å². The lowest BCUT2D eigenvalue weighted by molar-refractivity contribution is -0.121. The summed E-state index contributed by atoms with van der Waals surface area (Å²) < 4.78 is 0. The van der Waals surface area contributed by atoms with Crippen molar-refractivity contribution in [1.82, 2.24) is 5.32 Å². The van der Waals surface area contributed by atoms with Gasteiger partial charge in [0.15, 0.2) is 0 Å². The average Bonchev–Trinajstić information content (AvgIpc) is 2.39. The van der Waals surface area contributed by atoms with Gasteiger partial charge in [0.2, 0.25) is 5.91 Å². The van der Waals surface area contributed by atoms with Gasteiger partial charge in [0.1, 0.15) is 4.99 Å². The molecule has 0 radical (unpaired) electrons. The molecule has 0 aliphatic heterocycles. The molecule has 1 unspecified atom stereocenters. The lowest BCUT2D eigenvalue weighted by Gasteiger charge is -2.13. The second-order valence-corrected chi connectivity index (χ2v) is 5.64. The molecule has 20 heavy (non-hydrogen) atoms. The number of thiocarbonyl (C=S) groups is 1. The van der Waals surface area contributed by atoms with Crippen molar-refractivity contribution in [2.75, 3.05) is 0 Å². The number of unbranched alkanes of at least 4 members (excludes halogenated alkanes) is 2. The highest BCUT2D eigenvalue weighted by Crippen LogP contribution is 2.06. The number of nitrogens with one attached hydrogen (secondary N) is 1. The van der Waals surface area contributed by atoms with Gasteiger partial charge in [-0.25, -0.2) is 0 Å². The average molecular weight is 292 g/mol. The first kappa shape index (κ1) is 16.6. The number of hydrogen-bond acceptors (Lipinski definition) is 2. The van der Waals surface area contributed by atoms with Crippen molar-refractivity contribution in [3.05, 3.63) is 35.4 Å². The Morgan fingerprint density at radius 2 is 1.95 bits per heavy atom. The molecule has 0 bridgehead atoms. The fourth-order valence-corrected chi connectivity index (χ4v) is 2.21. The van der Waals surface area contributed by atoms with Crippen molar-refractivity contribution in [3.63, 3.8) is 0 Å². The number of carbonyl (C=O) groups is 1. The topological polar surface area (TPSA) is 55.1 Å². The molecule has 0 spiro atoms. The summed E-state index contributed by atoms with van der Waals surface area (Å²) in [6.45, 7) is 4.24. The normalized spacial score (nSPS) is 11.9. The zero-order valence-electron chi connectivity index (χ0n) is 12.3. The van der Waals surface area contributed by atoms with Crippen molar-refractivity contribution < 1.29 is 4.79 Å². The van der Waals surface area contributed by atoms with E-state index in [2.05, 4.69) is 19.2 Å². The first-order chi connectivity index (χ1) is 9.52. The molecule has 1 aromatic rings. The van der Waals surface area contributed by atoms with Gasteiger partial charge >= 0.3 is 0 Å². The number of nitrogens with two attached hydrogens (primary N) is 1. The van der Waals surface area contributed by atoms with Crippen LogP contribution in [-0.2, 0) is 11.2 Å². The quantitative estimate of drug-likeness (QED) is 0.572. The Bertz CT molecular complexity index is 442. The molecule has 3 N–H and O–H groups in total. The maximum absolute atomic E-state index is 11.9. The summed E-state index contributed by atoms with van der Waals surface area (Å²) in [6, 6.07) is 7.75. The minimum absolute atomic E-state index is 0.0667. The van der Waals surface area contributed by atoms with Crippen molar-refractivity contribution in [2.45, 2.75) is 52.0 Å². The second kappa shape index (κ2) is 8.69. The smallest absolute Gasteiger partial charge is 0.224 e. The SMILES string of the molecule is CCCCCC(C)NC(=O)Cc1ccc(C(N)=S)cc1. The Morgan fingerprint density at radius 3 is 2.50 bits per heavy atom. The van der Waals surface area contributed by atoms with Crippen molar-refractivity contribution in [3.8, 4) is 0 Å². The first-order valence-electron chi connectivity index (χ1n) is 7.21.